The minimum Gasteiger partial charge on any atom is -0.293 e. The summed E-state index contributed by atoms with van der Waals surface area (Å²) < 4.78 is 26.3. The van der Waals surface area contributed by atoms with Crippen LogP contribution >= 0.6 is 0 Å². The molecule has 2 nitrogen and oxygen atoms in total. The zero-order valence-electron chi connectivity index (χ0n) is 9.05. The van der Waals surface area contributed by atoms with Crippen LogP contribution in [-0.2, 0) is 0 Å². The minimum absolute atomic E-state index is 0.192. The number of carbonyl (C=O) groups is 1. The smallest absolute Gasteiger partial charge is 0.182 e. The summed E-state index contributed by atoms with van der Waals surface area (Å²) in [7, 11) is 0. The van der Waals surface area contributed by atoms with Crippen LogP contribution in [0.3, 0.4) is 0 Å². The lowest BCUT2D eigenvalue weighted by molar-refractivity contribution is 0.0942. The zero-order valence-corrected chi connectivity index (χ0v) is 9.05. The average molecular weight is 223 g/mol. The molecule has 4 heteroatoms. The molecule has 0 saturated carbocycles. The number of hydrogen-bond acceptors (Lipinski definition) is 2. The van der Waals surface area contributed by atoms with E-state index in [2.05, 4.69) is 0 Å². The molecule has 0 N–H and O–H groups in total. The van der Waals surface area contributed by atoms with Crippen molar-refractivity contribution < 1.29 is 13.6 Å². The molecule has 0 aromatic heterocycles. The molecule has 0 amide bonds. The molecular formula is C12H11F2NO. The molecule has 0 aliphatic heterocycles. The maximum absolute atomic E-state index is 13.3. The second-order valence-electron chi connectivity index (χ2n) is 3.54. The highest BCUT2D eigenvalue weighted by Crippen LogP contribution is 2.18. The molecule has 0 heterocycles. The van der Waals surface area contributed by atoms with Gasteiger partial charge in [-0.15, -0.1) is 0 Å². The van der Waals surface area contributed by atoms with Crippen LogP contribution in [0.5, 0.6) is 0 Å². The molecule has 1 unspecified atom stereocenters. The number of hydrogen-bond donors (Lipinski definition) is 0. The minimum atomic E-state index is -0.915. The van der Waals surface area contributed by atoms with E-state index in [-0.39, 0.29) is 11.1 Å². The summed E-state index contributed by atoms with van der Waals surface area (Å²) in [5.41, 5.74) is -0.0233. The van der Waals surface area contributed by atoms with Crippen LogP contribution in [0.4, 0.5) is 8.78 Å². The Hall–Kier alpha value is -1.76. The molecule has 1 aromatic carbocycles. The van der Waals surface area contributed by atoms with E-state index in [0.29, 0.717) is 12.5 Å². The lowest BCUT2D eigenvalue weighted by Gasteiger charge is -2.07. The summed E-state index contributed by atoms with van der Waals surface area (Å²) in [5.74, 6) is -3.08. The van der Waals surface area contributed by atoms with Gasteiger partial charge < -0.3 is 0 Å². The summed E-state index contributed by atoms with van der Waals surface area (Å²) in [6.45, 7) is 3.11. The summed E-state index contributed by atoms with van der Waals surface area (Å²) in [5, 5.41) is 8.71. The van der Waals surface area contributed by atoms with Gasteiger partial charge in [-0.05, 0) is 25.0 Å². The molecule has 84 valence electrons. The second kappa shape index (κ2) is 4.84. The molecule has 1 aromatic rings. The van der Waals surface area contributed by atoms with Crippen molar-refractivity contribution in [3.63, 3.8) is 0 Å². The van der Waals surface area contributed by atoms with Gasteiger partial charge in [0.1, 0.15) is 17.6 Å². The van der Waals surface area contributed by atoms with Crippen molar-refractivity contribution in [2.45, 2.75) is 20.3 Å². The highest BCUT2D eigenvalue weighted by Gasteiger charge is 2.22. The van der Waals surface area contributed by atoms with E-state index in [1.165, 1.54) is 6.92 Å². The monoisotopic (exact) mass is 223 g/mol. The average Bonchev–Trinajstić information content (AvgIpc) is 2.25. The molecule has 0 aliphatic rings. The Morgan fingerprint density at radius 2 is 2.06 bits per heavy atom. The summed E-state index contributed by atoms with van der Waals surface area (Å²) in [6, 6.07) is 3.62. The molecule has 1 atom stereocenters. The number of benzene rings is 1. The van der Waals surface area contributed by atoms with Crippen molar-refractivity contribution in [2.24, 2.45) is 5.92 Å². The van der Waals surface area contributed by atoms with E-state index in [0.717, 1.165) is 6.07 Å². The lowest BCUT2D eigenvalue weighted by Crippen LogP contribution is -2.14. The first kappa shape index (κ1) is 12.3. The van der Waals surface area contributed by atoms with Crippen molar-refractivity contribution in [1.29, 1.82) is 5.26 Å². The molecule has 0 bridgehead atoms. The Kier molecular flexibility index (Phi) is 3.73. The van der Waals surface area contributed by atoms with Gasteiger partial charge >= 0.3 is 0 Å². The van der Waals surface area contributed by atoms with Crippen LogP contribution in [0, 0.1) is 35.8 Å². The number of ketones is 1. The van der Waals surface area contributed by atoms with Gasteiger partial charge in [-0.25, -0.2) is 8.78 Å². The molecular weight excluding hydrogens is 212 g/mol. The first-order chi connectivity index (χ1) is 7.51. The van der Waals surface area contributed by atoms with E-state index < -0.39 is 23.3 Å². The number of carbonyl (C=O) groups excluding carboxylic acids is 1. The van der Waals surface area contributed by atoms with Crippen LogP contribution in [0.2, 0.25) is 0 Å². The normalized spacial score (nSPS) is 11.9. The van der Waals surface area contributed by atoms with Crippen LogP contribution in [-0.4, -0.2) is 5.78 Å². The standard InChI is InChI=1S/C12H11F2NO/c1-3-8(6-15)12(16)9-4-7(2)10(13)5-11(9)14/h4-5,8H,3H2,1-2H3. The van der Waals surface area contributed by atoms with E-state index in [1.807, 2.05) is 0 Å². The Morgan fingerprint density at radius 3 is 2.56 bits per heavy atom. The maximum atomic E-state index is 13.3. The van der Waals surface area contributed by atoms with Crippen LogP contribution in [0.1, 0.15) is 29.3 Å². The van der Waals surface area contributed by atoms with Gasteiger partial charge in [-0.2, -0.15) is 5.26 Å². The van der Waals surface area contributed by atoms with Crippen molar-refractivity contribution in [1.82, 2.24) is 0 Å². The predicted molar refractivity (Wildman–Crippen MR) is 54.8 cm³/mol. The molecule has 0 radical (unpaired) electrons. The largest absolute Gasteiger partial charge is 0.293 e. The number of aryl methyl sites for hydroxylation is 1. The van der Waals surface area contributed by atoms with Crippen LogP contribution in [0.15, 0.2) is 12.1 Å². The van der Waals surface area contributed by atoms with Gasteiger partial charge in [0.25, 0.3) is 0 Å². The van der Waals surface area contributed by atoms with E-state index in [4.69, 9.17) is 5.26 Å². The van der Waals surface area contributed by atoms with Gasteiger partial charge in [-0.3, -0.25) is 4.79 Å². The lowest BCUT2D eigenvalue weighted by atomic mass is 9.95. The highest BCUT2D eigenvalue weighted by molar-refractivity contribution is 5.99. The molecule has 0 fully saturated rings. The zero-order chi connectivity index (χ0) is 12.3. The summed E-state index contributed by atoms with van der Waals surface area (Å²) in [6.07, 6.45) is 0.311. The third kappa shape index (κ3) is 2.25. The van der Waals surface area contributed by atoms with Crippen LogP contribution < -0.4 is 0 Å². The SMILES string of the molecule is CCC(C#N)C(=O)c1cc(C)c(F)cc1F. The van der Waals surface area contributed by atoms with Crippen molar-refractivity contribution in [2.75, 3.05) is 0 Å². The number of Topliss-reactive ketones (excluding diaryl/α,β-unsaturated/α-hetero) is 1. The van der Waals surface area contributed by atoms with Gasteiger partial charge in [0.2, 0.25) is 0 Å². The predicted octanol–water partition coefficient (Wildman–Crippen LogP) is 3.01. The number of halogens is 2. The molecule has 0 saturated heterocycles. The van der Waals surface area contributed by atoms with E-state index >= 15 is 0 Å². The number of nitrogens with zero attached hydrogens (tertiary/aromatic N) is 1. The maximum Gasteiger partial charge on any atom is 0.182 e. The molecule has 16 heavy (non-hydrogen) atoms. The van der Waals surface area contributed by atoms with Crippen molar-refractivity contribution in [3.8, 4) is 6.07 Å². The van der Waals surface area contributed by atoms with E-state index in [1.54, 1.807) is 13.0 Å². The first-order valence-electron chi connectivity index (χ1n) is 4.90. The van der Waals surface area contributed by atoms with Gasteiger partial charge in [0.05, 0.1) is 11.6 Å². The molecule has 0 spiro atoms. The van der Waals surface area contributed by atoms with Crippen LogP contribution in [0.25, 0.3) is 0 Å². The Labute approximate surface area is 92.5 Å². The topological polar surface area (TPSA) is 40.9 Å². The Bertz CT molecular complexity index is 463. The van der Waals surface area contributed by atoms with Crippen molar-refractivity contribution >= 4 is 5.78 Å². The quantitative estimate of drug-likeness (QED) is 0.739. The number of nitriles is 1. The third-order valence-corrected chi connectivity index (χ3v) is 2.39. The number of rotatable bonds is 3. The first-order valence-corrected chi connectivity index (χ1v) is 4.90. The fraction of sp³-hybridized carbons (Fsp3) is 0.333. The Morgan fingerprint density at radius 1 is 1.44 bits per heavy atom. The summed E-state index contributed by atoms with van der Waals surface area (Å²) in [4.78, 5) is 11.7. The Balaban J connectivity index is 3.20. The van der Waals surface area contributed by atoms with Gasteiger partial charge in [0, 0.05) is 6.07 Å². The van der Waals surface area contributed by atoms with E-state index in [9.17, 15) is 13.6 Å². The summed E-state index contributed by atoms with van der Waals surface area (Å²) >= 11 is 0. The third-order valence-electron chi connectivity index (χ3n) is 2.39. The molecule has 0 aliphatic carbocycles. The second-order valence-corrected chi connectivity index (χ2v) is 3.54. The van der Waals surface area contributed by atoms with Gasteiger partial charge in [0.15, 0.2) is 5.78 Å². The molecule has 1 rings (SSSR count). The van der Waals surface area contributed by atoms with Gasteiger partial charge in [-0.1, -0.05) is 6.92 Å². The van der Waals surface area contributed by atoms with Crippen molar-refractivity contribution in [3.05, 3.63) is 34.9 Å². The highest BCUT2D eigenvalue weighted by atomic mass is 19.1. The fourth-order valence-corrected chi connectivity index (χ4v) is 1.37. The fourth-order valence-electron chi connectivity index (χ4n) is 1.37.